The number of rotatable bonds is 5. The summed E-state index contributed by atoms with van der Waals surface area (Å²) in [6.45, 7) is 2.16. The molecule has 2 aromatic rings. The van der Waals surface area contributed by atoms with Gasteiger partial charge in [-0.2, -0.15) is 0 Å². The zero-order valence-corrected chi connectivity index (χ0v) is 13.6. The monoisotopic (exact) mass is 307 g/mol. The first-order chi connectivity index (χ1) is 11.2. The fraction of sp³-hybridized carbons (Fsp3) is 0.250. The number of para-hydroxylation sites is 1. The van der Waals surface area contributed by atoms with E-state index in [0.29, 0.717) is 0 Å². The second-order valence-corrected chi connectivity index (χ2v) is 5.69. The molecule has 0 radical (unpaired) electrons. The Kier molecular flexibility index (Phi) is 4.47. The van der Waals surface area contributed by atoms with E-state index in [9.17, 15) is 4.79 Å². The fourth-order valence-corrected chi connectivity index (χ4v) is 2.99. The van der Waals surface area contributed by atoms with E-state index in [1.54, 1.807) is 7.11 Å². The van der Waals surface area contributed by atoms with Crippen molar-refractivity contribution >= 4 is 22.7 Å². The van der Waals surface area contributed by atoms with Gasteiger partial charge in [-0.05, 0) is 42.2 Å². The molecule has 0 bridgehead atoms. The van der Waals surface area contributed by atoms with Crippen LogP contribution in [0.15, 0.2) is 48.5 Å². The molecule has 0 fully saturated rings. The lowest BCUT2D eigenvalue weighted by atomic mass is 9.91. The Bertz CT molecular complexity index is 762. The van der Waals surface area contributed by atoms with E-state index in [-0.39, 0.29) is 5.91 Å². The highest BCUT2D eigenvalue weighted by atomic mass is 16.5. The number of hydrogen-bond acceptors (Lipinski definition) is 2. The Labute approximate surface area is 137 Å². The van der Waals surface area contributed by atoms with Crippen LogP contribution in [0.3, 0.4) is 0 Å². The first-order valence-corrected chi connectivity index (χ1v) is 8.03. The largest absolute Gasteiger partial charge is 0.497 e. The molecular formula is C20H21NO2. The van der Waals surface area contributed by atoms with Gasteiger partial charge < -0.3 is 10.1 Å². The van der Waals surface area contributed by atoms with E-state index in [2.05, 4.69) is 18.3 Å². The first-order valence-electron chi connectivity index (χ1n) is 8.03. The quantitative estimate of drug-likeness (QED) is 0.810. The molecule has 0 spiro atoms. The van der Waals surface area contributed by atoms with Crippen LogP contribution in [0.5, 0.6) is 5.75 Å². The molecule has 3 rings (SSSR count). The van der Waals surface area contributed by atoms with Gasteiger partial charge in [0.05, 0.1) is 12.7 Å². The zero-order chi connectivity index (χ0) is 16.2. The van der Waals surface area contributed by atoms with Crippen molar-refractivity contribution in [1.29, 1.82) is 0 Å². The smallest absolute Gasteiger partial charge is 0.256 e. The van der Waals surface area contributed by atoms with E-state index >= 15 is 0 Å². The first kappa shape index (κ1) is 15.3. The maximum Gasteiger partial charge on any atom is 0.256 e. The Morgan fingerprint density at radius 1 is 1.13 bits per heavy atom. The third-order valence-corrected chi connectivity index (χ3v) is 4.17. The maximum atomic E-state index is 12.6. The predicted octanol–water partition coefficient (Wildman–Crippen LogP) is 4.75. The second kappa shape index (κ2) is 6.69. The van der Waals surface area contributed by atoms with Crippen LogP contribution >= 0.6 is 0 Å². The van der Waals surface area contributed by atoms with Gasteiger partial charge in [0.2, 0.25) is 0 Å². The minimum absolute atomic E-state index is 0.0138. The van der Waals surface area contributed by atoms with Crippen molar-refractivity contribution in [3.8, 4) is 5.75 Å². The van der Waals surface area contributed by atoms with Gasteiger partial charge in [0, 0.05) is 11.3 Å². The van der Waals surface area contributed by atoms with Gasteiger partial charge in [0.25, 0.3) is 5.91 Å². The number of unbranched alkanes of at least 4 members (excludes halogenated alkanes) is 1. The number of carbonyl (C=O) groups excluding carboxylic acids is 1. The normalized spacial score (nSPS) is 15.1. The molecule has 3 heteroatoms. The third kappa shape index (κ3) is 3.00. The average Bonchev–Trinajstić information content (AvgIpc) is 2.92. The molecule has 1 N–H and O–H groups in total. The molecule has 23 heavy (non-hydrogen) atoms. The van der Waals surface area contributed by atoms with Crippen LogP contribution in [0, 0.1) is 0 Å². The number of anilines is 1. The lowest BCUT2D eigenvalue weighted by Gasteiger charge is -2.12. The van der Waals surface area contributed by atoms with Crippen LogP contribution in [0.1, 0.15) is 37.3 Å². The fourth-order valence-electron chi connectivity index (χ4n) is 2.99. The molecule has 0 aliphatic carbocycles. The highest BCUT2D eigenvalue weighted by Gasteiger charge is 2.27. The Morgan fingerprint density at radius 3 is 2.74 bits per heavy atom. The van der Waals surface area contributed by atoms with Crippen LogP contribution in [0.25, 0.3) is 11.1 Å². The van der Waals surface area contributed by atoms with Gasteiger partial charge in [-0.3, -0.25) is 4.79 Å². The SMILES string of the molecule is CCCC/C(=C1/C(=O)Nc2ccccc21)c1cccc(OC)c1. The second-order valence-electron chi connectivity index (χ2n) is 5.69. The minimum Gasteiger partial charge on any atom is -0.497 e. The summed E-state index contributed by atoms with van der Waals surface area (Å²) in [6.07, 6.45) is 3.01. The van der Waals surface area contributed by atoms with E-state index in [0.717, 1.165) is 53.0 Å². The maximum absolute atomic E-state index is 12.6. The van der Waals surface area contributed by atoms with Crippen molar-refractivity contribution in [3.63, 3.8) is 0 Å². The Morgan fingerprint density at radius 2 is 1.96 bits per heavy atom. The zero-order valence-electron chi connectivity index (χ0n) is 13.6. The molecule has 1 aliphatic heterocycles. The van der Waals surface area contributed by atoms with Crippen LogP contribution < -0.4 is 10.1 Å². The highest BCUT2D eigenvalue weighted by molar-refractivity contribution is 6.36. The van der Waals surface area contributed by atoms with Crippen molar-refractivity contribution in [1.82, 2.24) is 0 Å². The average molecular weight is 307 g/mol. The molecule has 118 valence electrons. The number of ether oxygens (including phenoxy) is 1. The molecule has 3 nitrogen and oxygen atoms in total. The predicted molar refractivity (Wildman–Crippen MR) is 94.4 cm³/mol. The summed E-state index contributed by atoms with van der Waals surface area (Å²) >= 11 is 0. The van der Waals surface area contributed by atoms with Gasteiger partial charge in [0.15, 0.2) is 0 Å². The lowest BCUT2D eigenvalue weighted by Crippen LogP contribution is -2.06. The number of amides is 1. The number of allylic oxidation sites excluding steroid dienone is 1. The number of carbonyl (C=O) groups is 1. The summed E-state index contributed by atoms with van der Waals surface area (Å²) in [4.78, 5) is 12.6. The van der Waals surface area contributed by atoms with Crippen LogP contribution in [0.2, 0.25) is 0 Å². The van der Waals surface area contributed by atoms with Crippen LogP contribution in [0.4, 0.5) is 5.69 Å². The number of fused-ring (bicyclic) bond motifs is 1. The number of hydrogen-bond donors (Lipinski definition) is 1. The van der Waals surface area contributed by atoms with Gasteiger partial charge >= 0.3 is 0 Å². The number of benzene rings is 2. The van der Waals surface area contributed by atoms with Crippen LogP contribution in [-0.4, -0.2) is 13.0 Å². The van der Waals surface area contributed by atoms with Crippen molar-refractivity contribution in [2.24, 2.45) is 0 Å². The lowest BCUT2D eigenvalue weighted by molar-refractivity contribution is -0.110. The van der Waals surface area contributed by atoms with E-state index < -0.39 is 0 Å². The van der Waals surface area contributed by atoms with Crippen LogP contribution in [-0.2, 0) is 4.79 Å². The molecule has 1 heterocycles. The standard InChI is InChI=1S/C20H21NO2/c1-3-4-10-16(14-8-7-9-15(13-14)23-2)19-17-11-5-6-12-18(17)21-20(19)22/h5-9,11-13H,3-4,10H2,1-2H3,(H,21,22)/b19-16-. The molecule has 0 aromatic heterocycles. The van der Waals surface area contributed by atoms with Crippen molar-refractivity contribution in [2.45, 2.75) is 26.2 Å². The number of nitrogens with one attached hydrogen (secondary N) is 1. The summed E-state index contributed by atoms with van der Waals surface area (Å²) in [5.41, 5.74) is 4.82. The molecule has 0 saturated heterocycles. The highest BCUT2D eigenvalue weighted by Crippen LogP contribution is 2.39. The molecular weight excluding hydrogens is 286 g/mol. The van der Waals surface area contributed by atoms with Gasteiger partial charge in [-0.25, -0.2) is 0 Å². The van der Waals surface area contributed by atoms with E-state index in [1.165, 1.54) is 0 Å². The molecule has 0 unspecified atom stereocenters. The van der Waals surface area contributed by atoms with Crippen molar-refractivity contribution < 1.29 is 9.53 Å². The molecule has 2 aromatic carbocycles. The van der Waals surface area contributed by atoms with Gasteiger partial charge in [0.1, 0.15) is 5.75 Å². The van der Waals surface area contributed by atoms with Crippen molar-refractivity contribution in [2.75, 3.05) is 12.4 Å². The van der Waals surface area contributed by atoms with Gasteiger partial charge in [-0.1, -0.05) is 43.7 Å². The molecule has 1 amide bonds. The van der Waals surface area contributed by atoms with Crippen molar-refractivity contribution in [3.05, 3.63) is 59.7 Å². The summed E-state index contributed by atoms with van der Waals surface area (Å²) < 4.78 is 5.35. The summed E-state index contributed by atoms with van der Waals surface area (Å²) in [5.74, 6) is 0.795. The minimum atomic E-state index is -0.0138. The number of methoxy groups -OCH3 is 1. The Balaban J connectivity index is 2.17. The third-order valence-electron chi connectivity index (χ3n) is 4.17. The molecule has 0 saturated carbocycles. The topological polar surface area (TPSA) is 38.3 Å². The van der Waals surface area contributed by atoms with Gasteiger partial charge in [-0.15, -0.1) is 0 Å². The van der Waals surface area contributed by atoms with E-state index in [1.807, 2.05) is 42.5 Å². The molecule has 1 aliphatic rings. The summed E-state index contributed by atoms with van der Waals surface area (Å²) in [7, 11) is 1.66. The summed E-state index contributed by atoms with van der Waals surface area (Å²) in [6, 6.07) is 15.8. The Hall–Kier alpha value is -2.55. The molecule has 0 atom stereocenters. The van der Waals surface area contributed by atoms with E-state index in [4.69, 9.17) is 4.74 Å². The summed E-state index contributed by atoms with van der Waals surface area (Å²) in [5, 5.41) is 2.97.